The van der Waals surface area contributed by atoms with Crippen LogP contribution in [0.1, 0.15) is 43.6 Å². The van der Waals surface area contributed by atoms with E-state index in [1.807, 2.05) is 17.0 Å². The maximum absolute atomic E-state index is 12.2. The zero-order valence-electron chi connectivity index (χ0n) is 13.3. The van der Waals surface area contributed by atoms with E-state index in [0.29, 0.717) is 18.9 Å². The summed E-state index contributed by atoms with van der Waals surface area (Å²) in [6, 6.07) is 8.15. The normalized spacial score (nSPS) is 23.4. The molecule has 1 N–H and O–H groups in total. The fraction of sp³-hybridized carbons (Fsp3) is 0.556. The lowest BCUT2D eigenvalue weighted by atomic mass is 10.1. The molecule has 1 aliphatic heterocycles. The van der Waals surface area contributed by atoms with E-state index < -0.39 is 0 Å². The molecule has 1 aromatic rings. The summed E-state index contributed by atoms with van der Waals surface area (Å²) in [4.78, 5) is 26.2. The molecule has 2 fully saturated rings. The number of piperidine rings is 1. The van der Waals surface area contributed by atoms with Crippen molar-refractivity contribution in [3.8, 4) is 0 Å². The number of carbonyl (C=O) groups is 2. The molecule has 2 unspecified atom stereocenters. The molecule has 23 heavy (non-hydrogen) atoms. The van der Waals surface area contributed by atoms with Gasteiger partial charge in [0.2, 0.25) is 11.8 Å². The zero-order valence-corrected chi connectivity index (χ0v) is 14.8. The number of hydrogen-bond donors (Lipinski definition) is 1. The molecule has 0 radical (unpaired) electrons. The van der Waals surface area contributed by atoms with Crippen LogP contribution in [0.2, 0.25) is 0 Å². The van der Waals surface area contributed by atoms with Gasteiger partial charge in [0.25, 0.3) is 0 Å². The average Bonchev–Trinajstić information content (AvgIpc) is 3.36. The molecule has 2 atom stereocenters. The summed E-state index contributed by atoms with van der Waals surface area (Å²) in [5.74, 6) is 0.644. The molecule has 1 aliphatic carbocycles. The van der Waals surface area contributed by atoms with Crippen LogP contribution in [0.15, 0.2) is 28.7 Å². The summed E-state index contributed by atoms with van der Waals surface area (Å²) in [6.45, 7) is 2.20. The second-order valence-electron chi connectivity index (χ2n) is 6.49. The third-order valence-electron chi connectivity index (χ3n) is 4.75. The Hall–Kier alpha value is -1.36. The van der Waals surface area contributed by atoms with E-state index in [2.05, 4.69) is 33.4 Å². The minimum absolute atomic E-state index is 0.0642. The second kappa shape index (κ2) is 7.47. The topological polar surface area (TPSA) is 49.4 Å². The third-order valence-corrected chi connectivity index (χ3v) is 5.24. The number of rotatable bonds is 5. The maximum Gasteiger partial charge on any atom is 0.224 e. The molecule has 2 amide bonds. The van der Waals surface area contributed by atoms with Crippen LogP contribution in [-0.4, -0.2) is 36.3 Å². The fourth-order valence-electron chi connectivity index (χ4n) is 3.32. The molecular formula is C18H23BrN2O2. The quantitative estimate of drug-likeness (QED) is 0.855. The standard InChI is InChI=1S/C18H23BrN2O2/c19-14-6-4-5-13(11-14)15-12-16(15)18(23)20-8-7-17(22)21-9-2-1-3-10-21/h4-6,11,15-16H,1-3,7-10,12H2,(H,20,23). The van der Waals surface area contributed by atoms with Gasteiger partial charge < -0.3 is 10.2 Å². The van der Waals surface area contributed by atoms with Gasteiger partial charge in [-0.05, 0) is 49.3 Å². The van der Waals surface area contributed by atoms with Gasteiger partial charge in [-0.3, -0.25) is 9.59 Å². The van der Waals surface area contributed by atoms with Gasteiger partial charge in [-0.1, -0.05) is 28.1 Å². The number of hydrogen-bond acceptors (Lipinski definition) is 2. The lowest BCUT2D eigenvalue weighted by Gasteiger charge is -2.26. The Morgan fingerprint density at radius 2 is 2.00 bits per heavy atom. The summed E-state index contributed by atoms with van der Waals surface area (Å²) in [5.41, 5.74) is 1.21. The molecule has 0 aromatic heterocycles. The third kappa shape index (κ3) is 4.34. The Morgan fingerprint density at radius 3 is 2.74 bits per heavy atom. The molecular weight excluding hydrogens is 356 g/mol. The van der Waals surface area contributed by atoms with Gasteiger partial charge in [-0.25, -0.2) is 0 Å². The Balaban J connectivity index is 1.40. The smallest absolute Gasteiger partial charge is 0.224 e. The van der Waals surface area contributed by atoms with Crippen LogP contribution in [0, 0.1) is 5.92 Å². The van der Waals surface area contributed by atoms with Crippen LogP contribution >= 0.6 is 15.9 Å². The van der Waals surface area contributed by atoms with Gasteiger partial charge in [0.1, 0.15) is 0 Å². The van der Waals surface area contributed by atoms with E-state index in [9.17, 15) is 9.59 Å². The summed E-state index contributed by atoms with van der Waals surface area (Å²) < 4.78 is 1.05. The van der Waals surface area contributed by atoms with Crippen LogP contribution in [-0.2, 0) is 9.59 Å². The number of nitrogens with one attached hydrogen (secondary N) is 1. The molecule has 1 aromatic carbocycles. The first-order chi connectivity index (χ1) is 11.1. The molecule has 4 nitrogen and oxygen atoms in total. The summed E-state index contributed by atoms with van der Waals surface area (Å²) in [7, 11) is 0. The highest BCUT2D eigenvalue weighted by Gasteiger charge is 2.43. The van der Waals surface area contributed by atoms with Crippen LogP contribution in [0.5, 0.6) is 0 Å². The van der Waals surface area contributed by atoms with Crippen molar-refractivity contribution in [2.45, 2.75) is 38.0 Å². The predicted octanol–water partition coefficient (Wildman–Crippen LogP) is 3.07. The van der Waals surface area contributed by atoms with E-state index >= 15 is 0 Å². The molecule has 124 valence electrons. The summed E-state index contributed by atoms with van der Waals surface area (Å²) in [5, 5.41) is 2.93. The van der Waals surface area contributed by atoms with E-state index in [1.165, 1.54) is 12.0 Å². The number of carbonyl (C=O) groups excluding carboxylic acids is 2. The first-order valence-electron chi connectivity index (χ1n) is 8.46. The van der Waals surface area contributed by atoms with Crippen LogP contribution in [0.25, 0.3) is 0 Å². The molecule has 3 rings (SSSR count). The van der Waals surface area contributed by atoms with Gasteiger partial charge in [0.05, 0.1) is 0 Å². The minimum Gasteiger partial charge on any atom is -0.355 e. The average molecular weight is 379 g/mol. The highest BCUT2D eigenvalue weighted by atomic mass is 79.9. The minimum atomic E-state index is 0.0642. The van der Waals surface area contributed by atoms with Crippen molar-refractivity contribution in [2.24, 2.45) is 5.92 Å². The van der Waals surface area contributed by atoms with Crippen LogP contribution < -0.4 is 5.32 Å². The van der Waals surface area contributed by atoms with E-state index in [4.69, 9.17) is 0 Å². The van der Waals surface area contributed by atoms with Crippen LogP contribution in [0.3, 0.4) is 0 Å². The SMILES string of the molecule is O=C(NCCC(=O)N1CCCCC1)C1CC1c1cccc(Br)c1. The van der Waals surface area contributed by atoms with Crippen LogP contribution in [0.4, 0.5) is 0 Å². The first-order valence-corrected chi connectivity index (χ1v) is 9.25. The Morgan fingerprint density at radius 1 is 1.22 bits per heavy atom. The highest BCUT2D eigenvalue weighted by molar-refractivity contribution is 9.10. The molecule has 0 bridgehead atoms. The fourth-order valence-corrected chi connectivity index (χ4v) is 3.73. The summed E-state index contributed by atoms with van der Waals surface area (Å²) in [6.07, 6.45) is 4.75. The molecule has 2 aliphatic rings. The van der Waals surface area contributed by atoms with Crippen molar-refractivity contribution < 1.29 is 9.59 Å². The van der Waals surface area contributed by atoms with E-state index in [1.54, 1.807) is 0 Å². The van der Waals surface area contributed by atoms with Crippen molar-refractivity contribution >= 4 is 27.7 Å². The molecule has 1 saturated heterocycles. The Kier molecular flexibility index (Phi) is 5.36. The lowest BCUT2D eigenvalue weighted by Crippen LogP contribution is -2.38. The van der Waals surface area contributed by atoms with Gasteiger partial charge >= 0.3 is 0 Å². The van der Waals surface area contributed by atoms with Gasteiger partial charge in [0, 0.05) is 36.4 Å². The summed E-state index contributed by atoms with van der Waals surface area (Å²) >= 11 is 3.47. The first kappa shape index (κ1) is 16.5. The maximum atomic E-state index is 12.2. The van der Waals surface area contributed by atoms with Gasteiger partial charge in [-0.2, -0.15) is 0 Å². The molecule has 5 heteroatoms. The van der Waals surface area contributed by atoms with Crippen molar-refractivity contribution in [3.05, 3.63) is 34.3 Å². The molecule has 1 heterocycles. The van der Waals surface area contributed by atoms with Crippen molar-refractivity contribution in [1.29, 1.82) is 0 Å². The molecule has 1 saturated carbocycles. The van der Waals surface area contributed by atoms with E-state index in [-0.39, 0.29) is 17.7 Å². The monoisotopic (exact) mass is 378 g/mol. The number of nitrogens with zero attached hydrogens (tertiary/aromatic N) is 1. The second-order valence-corrected chi connectivity index (χ2v) is 7.40. The van der Waals surface area contributed by atoms with Crippen molar-refractivity contribution in [3.63, 3.8) is 0 Å². The number of halogens is 1. The number of amides is 2. The number of benzene rings is 1. The Bertz CT molecular complexity index is 584. The number of likely N-dealkylation sites (tertiary alicyclic amines) is 1. The van der Waals surface area contributed by atoms with Gasteiger partial charge in [0.15, 0.2) is 0 Å². The van der Waals surface area contributed by atoms with Crippen molar-refractivity contribution in [1.82, 2.24) is 10.2 Å². The highest BCUT2D eigenvalue weighted by Crippen LogP contribution is 2.47. The Labute approximate surface area is 145 Å². The van der Waals surface area contributed by atoms with Gasteiger partial charge in [-0.15, -0.1) is 0 Å². The van der Waals surface area contributed by atoms with Crippen molar-refractivity contribution in [2.75, 3.05) is 19.6 Å². The lowest BCUT2D eigenvalue weighted by molar-refractivity contribution is -0.132. The predicted molar refractivity (Wildman–Crippen MR) is 93.0 cm³/mol. The zero-order chi connectivity index (χ0) is 16.2. The molecule has 0 spiro atoms. The van der Waals surface area contributed by atoms with E-state index in [0.717, 1.165) is 36.8 Å². The largest absolute Gasteiger partial charge is 0.355 e.